The van der Waals surface area contributed by atoms with Gasteiger partial charge in [-0.2, -0.15) is 0 Å². The molecule has 6 nitrogen and oxygen atoms in total. The molecule has 1 aliphatic rings. The smallest absolute Gasteiger partial charge is 0.341 e. The van der Waals surface area contributed by atoms with Gasteiger partial charge in [0.05, 0.1) is 22.5 Å². The molecule has 1 aliphatic carbocycles. The minimum absolute atomic E-state index is 0.0172. The Morgan fingerprint density at radius 2 is 1.71 bits per heavy atom. The molecule has 6 heteroatoms. The van der Waals surface area contributed by atoms with Crippen molar-refractivity contribution in [3.05, 3.63) is 82.4 Å². The van der Waals surface area contributed by atoms with Gasteiger partial charge in [0, 0.05) is 0 Å². The number of rotatable bonds is 4. The molecule has 28 heavy (non-hydrogen) atoms. The number of anilines is 2. The van der Waals surface area contributed by atoms with Gasteiger partial charge in [-0.3, -0.25) is 0 Å². The van der Waals surface area contributed by atoms with Gasteiger partial charge >= 0.3 is 11.9 Å². The zero-order valence-corrected chi connectivity index (χ0v) is 14.9. The fraction of sp³-hybridized carbons (Fsp3) is 0.0909. The van der Waals surface area contributed by atoms with Crippen LogP contribution < -0.4 is 11.5 Å². The summed E-state index contributed by atoms with van der Waals surface area (Å²) in [7, 11) is 0. The van der Waals surface area contributed by atoms with Crippen LogP contribution in [-0.2, 0) is 17.8 Å². The number of benzene rings is 3. The van der Waals surface area contributed by atoms with E-state index in [1.807, 2.05) is 30.3 Å². The predicted molar refractivity (Wildman–Crippen MR) is 106 cm³/mol. The molecule has 0 heterocycles. The van der Waals surface area contributed by atoms with Crippen LogP contribution in [0.2, 0.25) is 0 Å². The standard InChI is InChI=1S/C22H18N2O4/c23-18-9-8-16(21(25)26)19(20(18)24)22(27)28-11-13-5-3-7-15-14-6-2-1-4-12(14)10-17(13)15/h1-9H,10-11,23-24H2,(H,25,26). The van der Waals surface area contributed by atoms with E-state index < -0.39 is 11.9 Å². The Hall–Kier alpha value is -3.80. The Morgan fingerprint density at radius 3 is 2.50 bits per heavy atom. The zero-order valence-electron chi connectivity index (χ0n) is 14.9. The lowest BCUT2D eigenvalue weighted by atomic mass is 10.0. The van der Waals surface area contributed by atoms with E-state index in [4.69, 9.17) is 16.2 Å². The summed E-state index contributed by atoms with van der Waals surface area (Å²) in [5, 5.41) is 9.34. The number of fused-ring (bicyclic) bond motifs is 3. The number of ether oxygens (including phenoxy) is 1. The zero-order chi connectivity index (χ0) is 19.8. The van der Waals surface area contributed by atoms with Gasteiger partial charge < -0.3 is 21.3 Å². The molecule has 140 valence electrons. The van der Waals surface area contributed by atoms with Crippen LogP contribution in [-0.4, -0.2) is 17.0 Å². The molecule has 0 saturated carbocycles. The summed E-state index contributed by atoms with van der Waals surface area (Å²) in [6.45, 7) is 0.0172. The molecule has 0 fully saturated rings. The summed E-state index contributed by atoms with van der Waals surface area (Å²) < 4.78 is 5.43. The monoisotopic (exact) mass is 374 g/mol. The average molecular weight is 374 g/mol. The molecule has 0 bridgehead atoms. The van der Waals surface area contributed by atoms with Gasteiger partial charge in [0.2, 0.25) is 0 Å². The lowest BCUT2D eigenvalue weighted by Crippen LogP contribution is -2.16. The first-order chi connectivity index (χ1) is 13.5. The van der Waals surface area contributed by atoms with E-state index in [2.05, 4.69) is 12.1 Å². The minimum atomic E-state index is -1.27. The van der Waals surface area contributed by atoms with E-state index in [0.717, 1.165) is 23.1 Å². The maximum atomic E-state index is 12.6. The number of carbonyl (C=O) groups is 2. The van der Waals surface area contributed by atoms with Crippen LogP contribution in [0.5, 0.6) is 0 Å². The van der Waals surface area contributed by atoms with E-state index in [0.29, 0.717) is 0 Å². The first kappa shape index (κ1) is 17.6. The van der Waals surface area contributed by atoms with Crippen molar-refractivity contribution < 1.29 is 19.4 Å². The van der Waals surface area contributed by atoms with Crippen molar-refractivity contribution in [2.24, 2.45) is 0 Å². The molecule has 0 saturated heterocycles. The maximum Gasteiger partial charge on any atom is 0.341 e. The fourth-order valence-electron chi connectivity index (χ4n) is 3.61. The lowest BCUT2D eigenvalue weighted by molar-refractivity contribution is 0.0464. The van der Waals surface area contributed by atoms with Crippen molar-refractivity contribution in [2.75, 3.05) is 11.5 Å². The van der Waals surface area contributed by atoms with Gasteiger partial charge in [0.1, 0.15) is 6.61 Å². The number of aromatic carboxylic acids is 1. The Bertz CT molecular complexity index is 1120. The number of nitrogens with two attached hydrogens (primary N) is 2. The van der Waals surface area contributed by atoms with E-state index in [-0.39, 0.29) is 29.1 Å². The highest BCUT2D eigenvalue weighted by atomic mass is 16.5. The largest absolute Gasteiger partial charge is 0.478 e. The van der Waals surface area contributed by atoms with Crippen molar-refractivity contribution >= 4 is 23.3 Å². The molecule has 0 atom stereocenters. The fourth-order valence-corrected chi connectivity index (χ4v) is 3.61. The molecular weight excluding hydrogens is 356 g/mol. The topological polar surface area (TPSA) is 116 Å². The van der Waals surface area contributed by atoms with Crippen LogP contribution in [0.4, 0.5) is 11.4 Å². The molecule has 0 radical (unpaired) electrons. The number of carboxylic acids is 1. The minimum Gasteiger partial charge on any atom is -0.478 e. The molecular formula is C22H18N2O4. The quantitative estimate of drug-likeness (QED) is 0.372. The maximum absolute atomic E-state index is 12.6. The van der Waals surface area contributed by atoms with E-state index in [1.54, 1.807) is 0 Å². The molecule has 3 aromatic carbocycles. The van der Waals surface area contributed by atoms with Crippen molar-refractivity contribution in [3.63, 3.8) is 0 Å². The highest BCUT2D eigenvalue weighted by Gasteiger charge is 2.24. The molecule has 3 aromatic rings. The van der Waals surface area contributed by atoms with Crippen molar-refractivity contribution in [1.29, 1.82) is 0 Å². The molecule has 5 N–H and O–H groups in total. The third-order valence-electron chi connectivity index (χ3n) is 5.02. The molecule has 0 aliphatic heterocycles. The van der Waals surface area contributed by atoms with Crippen LogP contribution in [0.3, 0.4) is 0 Å². The first-order valence-electron chi connectivity index (χ1n) is 8.74. The summed E-state index contributed by atoms with van der Waals surface area (Å²) in [6, 6.07) is 16.6. The highest BCUT2D eigenvalue weighted by Crippen LogP contribution is 2.38. The van der Waals surface area contributed by atoms with Gasteiger partial charge in [0.25, 0.3) is 0 Å². The van der Waals surface area contributed by atoms with Gasteiger partial charge in [0.15, 0.2) is 0 Å². The first-order valence-corrected chi connectivity index (χ1v) is 8.74. The molecule has 0 amide bonds. The molecule has 0 spiro atoms. The van der Waals surface area contributed by atoms with Gasteiger partial charge in [-0.05, 0) is 46.4 Å². The second-order valence-electron chi connectivity index (χ2n) is 6.65. The Labute approximate surface area is 161 Å². The number of carboxylic acid groups (broad SMARTS) is 1. The number of carbonyl (C=O) groups excluding carboxylic acids is 1. The summed E-state index contributed by atoms with van der Waals surface area (Å²) >= 11 is 0. The van der Waals surface area contributed by atoms with Crippen molar-refractivity contribution in [1.82, 2.24) is 0 Å². The van der Waals surface area contributed by atoms with Gasteiger partial charge in [-0.1, -0.05) is 42.5 Å². The Balaban J connectivity index is 1.62. The number of nitrogen functional groups attached to an aromatic ring is 2. The van der Waals surface area contributed by atoms with Crippen LogP contribution >= 0.6 is 0 Å². The normalized spacial score (nSPS) is 11.6. The van der Waals surface area contributed by atoms with E-state index >= 15 is 0 Å². The number of hydrogen-bond donors (Lipinski definition) is 3. The lowest BCUT2D eigenvalue weighted by Gasteiger charge is -2.13. The van der Waals surface area contributed by atoms with Crippen LogP contribution in [0.15, 0.2) is 54.6 Å². The van der Waals surface area contributed by atoms with E-state index in [1.165, 1.54) is 23.3 Å². The number of hydrogen-bond acceptors (Lipinski definition) is 5. The van der Waals surface area contributed by atoms with Crippen molar-refractivity contribution in [2.45, 2.75) is 13.0 Å². The van der Waals surface area contributed by atoms with Crippen LogP contribution in [0.25, 0.3) is 11.1 Å². The molecule has 0 aromatic heterocycles. The number of esters is 1. The Kier molecular flexibility index (Phi) is 4.24. The SMILES string of the molecule is Nc1ccc(C(=O)O)c(C(=O)OCc2cccc3c2Cc2ccccc2-3)c1N. The third kappa shape index (κ3) is 2.85. The van der Waals surface area contributed by atoms with Crippen LogP contribution in [0.1, 0.15) is 37.4 Å². The van der Waals surface area contributed by atoms with Gasteiger partial charge in [-0.15, -0.1) is 0 Å². The summed E-state index contributed by atoms with van der Waals surface area (Å²) in [6.07, 6.45) is 0.764. The van der Waals surface area contributed by atoms with Gasteiger partial charge in [-0.25, -0.2) is 9.59 Å². The summed E-state index contributed by atoms with van der Waals surface area (Å²) in [4.78, 5) is 24.1. The summed E-state index contributed by atoms with van der Waals surface area (Å²) in [5.74, 6) is -2.08. The second-order valence-corrected chi connectivity index (χ2v) is 6.65. The Morgan fingerprint density at radius 1 is 0.964 bits per heavy atom. The average Bonchev–Trinajstić information content (AvgIpc) is 3.07. The van der Waals surface area contributed by atoms with Crippen LogP contribution in [0, 0.1) is 0 Å². The van der Waals surface area contributed by atoms with Crippen molar-refractivity contribution in [3.8, 4) is 11.1 Å². The summed E-state index contributed by atoms with van der Waals surface area (Å²) in [5.41, 5.74) is 16.7. The molecule has 0 unspecified atom stereocenters. The molecule has 4 rings (SSSR count). The predicted octanol–water partition coefficient (Wildman–Crippen LogP) is 3.48. The second kappa shape index (κ2) is 6.74. The third-order valence-corrected chi connectivity index (χ3v) is 5.02. The van der Waals surface area contributed by atoms with E-state index in [9.17, 15) is 14.7 Å². The highest BCUT2D eigenvalue weighted by molar-refractivity contribution is 6.08.